The fourth-order valence-corrected chi connectivity index (χ4v) is 3.77. The molecule has 1 aromatic carbocycles. The first-order valence-corrected chi connectivity index (χ1v) is 10.4. The molecule has 1 aliphatic rings. The quantitative estimate of drug-likeness (QED) is 0.810. The van der Waals surface area contributed by atoms with Gasteiger partial charge in [-0.2, -0.15) is 0 Å². The molecule has 5 nitrogen and oxygen atoms in total. The second-order valence-electron chi connectivity index (χ2n) is 7.09. The van der Waals surface area contributed by atoms with Crippen LogP contribution < -0.4 is 15.8 Å². The molecule has 1 heterocycles. The highest BCUT2D eigenvalue weighted by Gasteiger charge is 2.21. The number of rotatable bonds is 7. The molecule has 0 saturated heterocycles. The molecule has 2 aromatic rings. The molecule has 0 amide bonds. The number of anilines is 2. The van der Waals surface area contributed by atoms with Crippen molar-refractivity contribution in [1.29, 1.82) is 0 Å². The zero-order valence-corrected chi connectivity index (χ0v) is 16.7. The van der Waals surface area contributed by atoms with Crippen LogP contribution in [0.15, 0.2) is 40.2 Å². The van der Waals surface area contributed by atoms with Crippen molar-refractivity contribution in [2.24, 2.45) is 13.0 Å². The third-order valence-electron chi connectivity index (χ3n) is 4.75. The van der Waals surface area contributed by atoms with E-state index in [4.69, 9.17) is 0 Å². The predicted octanol–water partition coefficient (Wildman–Crippen LogP) is 3.07. The van der Waals surface area contributed by atoms with Gasteiger partial charge in [0.15, 0.2) is 0 Å². The zero-order chi connectivity index (χ0) is 18.8. The van der Waals surface area contributed by atoms with Crippen LogP contribution in [-0.4, -0.2) is 35.2 Å². The van der Waals surface area contributed by atoms with Gasteiger partial charge in [-0.05, 0) is 43.0 Å². The molecule has 1 atom stereocenters. The minimum Gasteiger partial charge on any atom is -0.384 e. The van der Waals surface area contributed by atoms with Crippen LogP contribution in [0.4, 0.5) is 11.4 Å². The van der Waals surface area contributed by atoms with Crippen LogP contribution >= 0.6 is 0 Å². The third-order valence-corrected chi connectivity index (χ3v) is 6.06. The smallest absolute Gasteiger partial charge is 0.273 e. The van der Waals surface area contributed by atoms with Gasteiger partial charge in [-0.3, -0.25) is 9.00 Å². The Bertz CT molecular complexity index is 885. The summed E-state index contributed by atoms with van der Waals surface area (Å²) in [5.74, 6) is 1.34. The Labute approximate surface area is 157 Å². The summed E-state index contributed by atoms with van der Waals surface area (Å²) in [4.78, 5) is 15.0. The van der Waals surface area contributed by atoms with E-state index in [-0.39, 0.29) is 5.56 Å². The van der Waals surface area contributed by atoms with E-state index in [0.717, 1.165) is 34.2 Å². The predicted molar refractivity (Wildman–Crippen MR) is 110 cm³/mol. The molecule has 1 N–H and O–H groups in total. The van der Waals surface area contributed by atoms with E-state index in [1.54, 1.807) is 11.6 Å². The maximum absolute atomic E-state index is 12.4. The number of hydrogen-bond acceptors (Lipinski definition) is 4. The number of nitrogens with zero attached hydrogens (tertiary/aromatic N) is 2. The molecule has 0 radical (unpaired) electrons. The van der Waals surface area contributed by atoms with E-state index in [0.29, 0.717) is 11.4 Å². The van der Waals surface area contributed by atoms with E-state index in [2.05, 4.69) is 5.32 Å². The van der Waals surface area contributed by atoms with Crippen LogP contribution in [-0.2, 0) is 17.8 Å². The van der Waals surface area contributed by atoms with Gasteiger partial charge in [-0.1, -0.05) is 6.92 Å². The van der Waals surface area contributed by atoms with Gasteiger partial charge in [-0.15, -0.1) is 0 Å². The Kier molecular flexibility index (Phi) is 5.51. The lowest BCUT2D eigenvalue weighted by atomic mass is 10.0. The first-order valence-electron chi connectivity index (χ1n) is 9.05. The van der Waals surface area contributed by atoms with Crippen molar-refractivity contribution in [3.63, 3.8) is 0 Å². The highest BCUT2D eigenvalue weighted by atomic mass is 32.2. The zero-order valence-electron chi connectivity index (χ0n) is 15.9. The molecular formula is C20H27N3O2S. The molecule has 1 aliphatic carbocycles. The lowest BCUT2D eigenvalue weighted by molar-refractivity contribution is 0.684. The summed E-state index contributed by atoms with van der Waals surface area (Å²) in [7, 11) is 4.50. The Hall–Kier alpha value is -2.08. The molecule has 3 rings (SSSR count). The normalized spacial score (nSPS) is 14.9. The van der Waals surface area contributed by atoms with Crippen molar-refractivity contribution in [3.8, 4) is 11.1 Å². The van der Waals surface area contributed by atoms with Crippen LogP contribution in [0.1, 0.15) is 19.8 Å². The minimum absolute atomic E-state index is 0.0282. The number of aromatic nitrogens is 1. The molecule has 1 fully saturated rings. The monoisotopic (exact) mass is 373 g/mol. The largest absolute Gasteiger partial charge is 0.384 e. The van der Waals surface area contributed by atoms with Crippen molar-refractivity contribution in [2.75, 3.05) is 36.6 Å². The number of aryl methyl sites for hydroxylation is 1. The van der Waals surface area contributed by atoms with Crippen LogP contribution in [0.25, 0.3) is 11.1 Å². The van der Waals surface area contributed by atoms with E-state index in [1.807, 2.05) is 56.4 Å². The minimum atomic E-state index is -1.01. The summed E-state index contributed by atoms with van der Waals surface area (Å²) in [6.45, 7) is 2.88. The van der Waals surface area contributed by atoms with Crippen LogP contribution in [0, 0.1) is 5.92 Å². The van der Waals surface area contributed by atoms with Crippen molar-refractivity contribution in [1.82, 2.24) is 4.57 Å². The van der Waals surface area contributed by atoms with E-state index in [9.17, 15) is 9.00 Å². The topological polar surface area (TPSA) is 54.3 Å². The summed E-state index contributed by atoms with van der Waals surface area (Å²) >= 11 is 0. The van der Waals surface area contributed by atoms with E-state index in [1.165, 1.54) is 12.8 Å². The maximum Gasteiger partial charge on any atom is 0.273 e. The van der Waals surface area contributed by atoms with Crippen molar-refractivity contribution >= 4 is 22.2 Å². The standard InChI is InChI=1S/C20H27N3O2S/c1-5-26(25)16-8-9-18(21-12-14-6-7-14)17(11-16)15-10-19(22(2)3)20(24)23(4)13-15/h8-11,13-14,21H,5-7,12H2,1-4H3. The summed E-state index contributed by atoms with van der Waals surface area (Å²) < 4.78 is 13.9. The number of pyridine rings is 1. The van der Waals surface area contributed by atoms with E-state index < -0.39 is 10.8 Å². The summed E-state index contributed by atoms with van der Waals surface area (Å²) in [6.07, 6.45) is 4.42. The molecule has 0 bridgehead atoms. The fraction of sp³-hybridized carbons (Fsp3) is 0.450. The average Bonchev–Trinajstić information content (AvgIpc) is 3.45. The molecule has 6 heteroatoms. The molecule has 0 aliphatic heterocycles. The first-order chi connectivity index (χ1) is 12.4. The van der Waals surface area contributed by atoms with Crippen LogP contribution in [0.2, 0.25) is 0 Å². The number of nitrogens with one attached hydrogen (secondary N) is 1. The molecular weight excluding hydrogens is 346 g/mol. The third kappa shape index (κ3) is 4.01. The Morgan fingerprint density at radius 1 is 1.27 bits per heavy atom. The van der Waals surface area contributed by atoms with Crippen molar-refractivity contribution in [2.45, 2.75) is 24.7 Å². The Morgan fingerprint density at radius 3 is 2.62 bits per heavy atom. The molecule has 1 saturated carbocycles. The van der Waals surface area contributed by atoms with Gasteiger partial charge in [0.05, 0.1) is 10.8 Å². The first kappa shape index (κ1) is 18.7. The van der Waals surface area contributed by atoms with Gasteiger partial charge >= 0.3 is 0 Å². The lowest BCUT2D eigenvalue weighted by Gasteiger charge is -2.18. The highest BCUT2D eigenvalue weighted by molar-refractivity contribution is 7.85. The van der Waals surface area contributed by atoms with Gasteiger partial charge in [0.1, 0.15) is 5.69 Å². The highest BCUT2D eigenvalue weighted by Crippen LogP contribution is 2.34. The van der Waals surface area contributed by atoms with Crippen molar-refractivity contribution < 1.29 is 4.21 Å². The molecule has 1 unspecified atom stereocenters. The molecule has 26 heavy (non-hydrogen) atoms. The van der Waals surface area contributed by atoms with Gasteiger partial charge in [0, 0.05) is 61.3 Å². The van der Waals surface area contributed by atoms with Gasteiger partial charge < -0.3 is 14.8 Å². The SMILES string of the molecule is CCS(=O)c1ccc(NCC2CC2)c(-c2cc(N(C)C)c(=O)n(C)c2)c1. The maximum atomic E-state index is 12.4. The van der Waals surface area contributed by atoms with E-state index >= 15 is 0 Å². The van der Waals surface area contributed by atoms with Gasteiger partial charge in [-0.25, -0.2) is 0 Å². The Morgan fingerprint density at radius 2 is 2.00 bits per heavy atom. The molecule has 1 aromatic heterocycles. The summed E-state index contributed by atoms with van der Waals surface area (Å²) in [5.41, 5.74) is 3.57. The second kappa shape index (κ2) is 7.66. The fourth-order valence-electron chi connectivity index (χ4n) is 2.96. The number of benzene rings is 1. The van der Waals surface area contributed by atoms with Crippen LogP contribution in [0.3, 0.4) is 0 Å². The lowest BCUT2D eigenvalue weighted by Crippen LogP contribution is -2.25. The van der Waals surface area contributed by atoms with Crippen LogP contribution in [0.5, 0.6) is 0 Å². The van der Waals surface area contributed by atoms with Gasteiger partial charge in [0.25, 0.3) is 5.56 Å². The number of hydrogen-bond donors (Lipinski definition) is 1. The summed E-state index contributed by atoms with van der Waals surface area (Å²) in [5, 5.41) is 3.54. The van der Waals surface area contributed by atoms with Gasteiger partial charge in [0.2, 0.25) is 0 Å². The summed E-state index contributed by atoms with van der Waals surface area (Å²) in [6, 6.07) is 7.86. The Balaban J connectivity index is 2.10. The molecule has 0 spiro atoms. The molecule has 140 valence electrons. The van der Waals surface area contributed by atoms with Crippen molar-refractivity contribution in [3.05, 3.63) is 40.8 Å². The average molecular weight is 374 g/mol. The second-order valence-corrected chi connectivity index (χ2v) is 8.83.